The van der Waals surface area contributed by atoms with Crippen LogP contribution in [0.5, 0.6) is 0 Å². The number of thiocarbonyl (C=S) groups is 2. The fourth-order valence-corrected chi connectivity index (χ4v) is 2.15. The maximum absolute atomic E-state index is 5.32. The Labute approximate surface area is 132 Å². The number of ether oxygens (including phenoxy) is 1. The van der Waals surface area contributed by atoms with Crippen LogP contribution in [-0.2, 0) is 4.74 Å². The number of hydrogen-bond acceptors (Lipinski definition) is 3. The molecule has 0 atom stereocenters. The third-order valence-corrected chi connectivity index (χ3v) is 3.56. The Morgan fingerprint density at radius 2 is 1.65 bits per heavy atom. The Morgan fingerprint density at radius 3 is 2.25 bits per heavy atom. The normalized spacial score (nSPS) is 15.4. The molecule has 0 aromatic rings. The van der Waals surface area contributed by atoms with Crippen molar-refractivity contribution in [3.05, 3.63) is 0 Å². The smallest absolute Gasteiger partial charge is 0.185 e. The summed E-state index contributed by atoms with van der Waals surface area (Å²) in [6, 6.07) is 0. The van der Waals surface area contributed by atoms with Crippen molar-refractivity contribution >= 4 is 34.7 Å². The van der Waals surface area contributed by atoms with Gasteiger partial charge in [0, 0.05) is 6.54 Å². The van der Waals surface area contributed by atoms with Gasteiger partial charge in [0.25, 0.3) is 0 Å². The molecule has 1 aliphatic heterocycles. The Hall–Kier alpha value is -0.700. The minimum atomic E-state index is 0.567. The highest BCUT2D eigenvalue weighted by Crippen LogP contribution is 1.81. The standard InChI is InChI=1S/C12H25N5OS2/c1-2-3-4-13-11(19)15-16-12(20)14-5-6-17-7-9-18-10-8-17/h2-10H2,1H3,(H2,13,15,19)(H2,14,16,20)/p+1. The molecule has 8 heteroatoms. The van der Waals surface area contributed by atoms with Gasteiger partial charge in [-0.05, 0) is 30.9 Å². The molecule has 0 saturated carbocycles. The Bertz CT molecular complexity index is 298. The van der Waals surface area contributed by atoms with Crippen LogP contribution in [0.1, 0.15) is 19.8 Å². The molecule has 0 amide bonds. The molecule has 1 fully saturated rings. The van der Waals surface area contributed by atoms with E-state index in [0.29, 0.717) is 10.2 Å². The highest BCUT2D eigenvalue weighted by molar-refractivity contribution is 7.80. The van der Waals surface area contributed by atoms with Gasteiger partial charge in [-0.25, -0.2) is 0 Å². The highest BCUT2D eigenvalue weighted by atomic mass is 32.1. The van der Waals surface area contributed by atoms with Gasteiger partial charge in [-0.1, -0.05) is 13.3 Å². The van der Waals surface area contributed by atoms with Gasteiger partial charge in [0.15, 0.2) is 10.2 Å². The second kappa shape index (κ2) is 11.0. The topological polar surface area (TPSA) is 61.8 Å². The average Bonchev–Trinajstić information content (AvgIpc) is 2.46. The molecule has 0 bridgehead atoms. The van der Waals surface area contributed by atoms with E-state index in [4.69, 9.17) is 29.2 Å². The SMILES string of the molecule is CCCCNC(=S)NNC(=S)NCC[NH+]1CCOCC1. The molecule has 0 aromatic heterocycles. The molecule has 0 aromatic carbocycles. The van der Waals surface area contributed by atoms with Crippen LogP contribution in [0.3, 0.4) is 0 Å². The van der Waals surface area contributed by atoms with Gasteiger partial charge >= 0.3 is 0 Å². The van der Waals surface area contributed by atoms with Gasteiger partial charge in [0.05, 0.1) is 26.3 Å². The van der Waals surface area contributed by atoms with Crippen LogP contribution in [0.15, 0.2) is 0 Å². The molecule has 116 valence electrons. The van der Waals surface area contributed by atoms with Crippen molar-refractivity contribution < 1.29 is 9.64 Å². The molecule has 0 radical (unpaired) electrons. The lowest BCUT2D eigenvalue weighted by molar-refractivity contribution is -0.906. The maximum Gasteiger partial charge on any atom is 0.185 e. The van der Waals surface area contributed by atoms with Crippen molar-refractivity contribution in [1.82, 2.24) is 21.5 Å². The number of nitrogens with one attached hydrogen (secondary N) is 5. The Balaban J connectivity index is 1.98. The van der Waals surface area contributed by atoms with E-state index in [1.54, 1.807) is 4.90 Å². The molecule has 1 saturated heterocycles. The van der Waals surface area contributed by atoms with Gasteiger partial charge in [-0.2, -0.15) is 0 Å². The van der Waals surface area contributed by atoms with Crippen molar-refractivity contribution in [3.8, 4) is 0 Å². The van der Waals surface area contributed by atoms with Gasteiger partial charge in [-0.15, -0.1) is 0 Å². The third-order valence-electron chi connectivity index (χ3n) is 3.07. The van der Waals surface area contributed by atoms with Crippen LogP contribution in [0, 0.1) is 0 Å². The predicted octanol–water partition coefficient (Wildman–Crippen LogP) is -1.46. The lowest BCUT2D eigenvalue weighted by Gasteiger charge is -2.24. The van der Waals surface area contributed by atoms with Crippen molar-refractivity contribution in [2.24, 2.45) is 0 Å². The van der Waals surface area contributed by atoms with Crippen LogP contribution < -0.4 is 26.4 Å². The number of hydrogen-bond donors (Lipinski definition) is 5. The first-order valence-electron chi connectivity index (χ1n) is 7.21. The zero-order chi connectivity index (χ0) is 14.6. The zero-order valence-corrected chi connectivity index (χ0v) is 13.7. The van der Waals surface area contributed by atoms with E-state index in [9.17, 15) is 0 Å². The first-order chi connectivity index (χ1) is 9.72. The van der Waals surface area contributed by atoms with E-state index in [-0.39, 0.29) is 0 Å². The summed E-state index contributed by atoms with van der Waals surface area (Å²) >= 11 is 10.3. The Kier molecular flexibility index (Phi) is 9.56. The summed E-state index contributed by atoms with van der Waals surface area (Å²) < 4.78 is 5.32. The second-order valence-corrected chi connectivity index (χ2v) is 5.54. The molecule has 5 N–H and O–H groups in total. The molecule has 0 spiro atoms. The summed E-state index contributed by atoms with van der Waals surface area (Å²) in [5.74, 6) is 0. The number of rotatable bonds is 6. The molecule has 1 rings (SSSR count). The summed E-state index contributed by atoms with van der Waals surface area (Å²) in [7, 11) is 0. The largest absolute Gasteiger partial charge is 0.370 e. The van der Waals surface area contributed by atoms with E-state index in [1.165, 1.54) is 0 Å². The van der Waals surface area contributed by atoms with Crippen LogP contribution in [0.25, 0.3) is 0 Å². The predicted molar refractivity (Wildman–Crippen MR) is 88.8 cm³/mol. The summed E-state index contributed by atoms with van der Waals surface area (Å²) in [4.78, 5) is 1.55. The molecule has 1 aliphatic rings. The fourth-order valence-electron chi connectivity index (χ4n) is 1.84. The fraction of sp³-hybridized carbons (Fsp3) is 0.833. The molecular weight excluding hydrogens is 294 g/mol. The van der Waals surface area contributed by atoms with Crippen LogP contribution >= 0.6 is 24.4 Å². The molecule has 6 nitrogen and oxygen atoms in total. The zero-order valence-electron chi connectivity index (χ0n) is 12.1. The lowest BCUT2D eigenvalue weighted by Crippen LogP contribution is -3.14. The molecule has 1 heterocycles. The lowest BCUT2D eigenvalue weighted by atomic mass is 10.3. The van der Waals surface area contributed by atoms with Gasteiger partial charge in [-0.3, -0.25) is 10.9 Å². The van der Waals surface area contributed by atoms with E-state index < -0.39 is 0 Å². The van der Waals surface area contributed by atoms with Crippen molar-refractivity contribution in [2.75, 3.05) is 45.9 Å². The minimum Gasteiger partial charge on any atom is -0.370 e. The molecule has 0 unspecified atom stereocenters. The second-order valence-electron chi connectivity index (χ2n) is 4.73. The summed E-state index contributed by atoms with van der Waals surface area (Å²) in [5, 5.41) is 7.40. The number of morpholine rings is 1. The molecule has 0 aliphatic carbocycles. The van der Waals surface area contributed by atoms with Crippen molar-refractivity contribution in [3.63, 3.8) is 0 Å². The van der Waals surface area contributed by atoms with Gasteiger partial charge in [0.1, 0.15) is 13.1 Å². The van der Waals surface area contributed by atoms with Crippen LogP contribution in [0.4, 0.5) is 0 Å². The maximum atomic E-state index is 5.32. The highest BCUT2D eigenvalue weighted by Gasteiger charge is 2.12. The molecular formula is C12H26N5OS2+. The number of hydrazine groups is 1. The van der Waals surface area contributed by atoms with E-state index in [0.717, 1.165) is 58.8 Å². The van der Waals surface area contributed by atoms with Gasteiger partial charge in [0.2, 0.25) is 0 Å². The van der Waals surface area contributed by atoms with E-state index in [2.05, 4.69) is 28.4 Å². The molecule has 20 heavy (non-hydrogen) atoms. The van der Waals surface area contributed by atoms with E-state index in [1.807, 2.05) is 0 Å². The van der Waals surface area contributed by atoms with Crippen molar-refractivity contribution in [2.45, 2.75) is 19.8 Å². The first kappa shape index (κ1) is 17.4. The summed E-state index contributed by atoms with van der Waals surface area (Å²) in [5.41, 5.74) is 5.75. The third kappa shape index (κ3) is 8.47. The van der Waals surface area contributed by atoms with Gasteiger partial charge < -0.3 is 20.3 Å². The summed E-state index contributed by atoms with van der Waals surface area (Å²) in [6.45, 7) is 8.78. The number of unbranched alkanes of at least 4 members (excludes halogenated alkanes) is 1. The van der Waals surface area contributed by atoms with Crippen molar-refractivity contribution in [1.29, 1.82) is 0 Å². The first-order valence-corrected chi connectivity index (χ1v) is 8.03. The van der Waals surface area contributed by atoms with Crippen LogP contribution in [0.2, 0.25) is 0 Å². The monoisotopic (exact) mass is 320 g/mol. The summed E-state index contributed by atoms with van der Waals surface area (Å²) in [6.07, 6.45) is 2.25. The minimum absolute atomic E-state index is 0.567. The number of quaternary nitrogens is 1. The average molecular weight is 321 g/mol. The van der Waals surface area contributed by atoms with Crippen LogP contribution in [-0.4, -0.2) is 56.2 Å². The quantitative estimate of drug-likeness (QED) is 0.233. The van der Waals surface area contributed by atoms with E-state index >= 15 is 0 Å². The Morgan fingerprint density at radius 1 is 1.05 bits per heavy atom.